The average Bonchev–Trinajstić information content (AvgIpc) is 3.08. The van der Waals surface area contributed by atoms with Crippen molar-refractivity contribution in [3.05, 3.63) is 53.0 Å². The van der Waals surface area contributed by atoms with Gasteiger partial charge in [-0.1, -0.05) is 0 Å². The number of fused-ring (bicyclic) bond motifs is 5. The molecule has 5 rings (SSSR count). The van der Waals surface area contributed by atoms with Crippen LogP contribution in [0, 0.1) is 5.92 Å². The zero-order valence-corrected chi connectivity index (χ0v) is 17.2. The van der Waals surface area contributed by atoms with Gasteiger partial charge in [-0.3, -0.25) is 9.59 Å². The van der Waals surface area contributed by atoms with Gasteiger partial charge >= 0.3 is 0 Å². The van der Waals surface area contributed by atoms with Crippen LogP contribution >= 0.6 is 0 Å². The second-order valence-corrected chi connectivity index (χ2v) is 8.28. The second-order valence-electron chi connectivity index (χ2n) is 8.28. The summed E-state index contributed by atoms with van der Waals surface area (Å²) in [6, 6.07) is 3.46. The molecule has 1 saturated heterocycles. The van der Waals surface area contributed by atoms with Crippen LogP contribution in [0.3, 0.4) is 0 Å². The maximum atomic E-state index is 13.6. The fourth-order valence-corrected chi connectivity index (χ4v) is 4.53. The first-order valence-electron chi connectivity index (χ1n) is 9.77. The molecule has 7 heteroatoms. The van der Waals surface area contributed by atoms with Crippen molar-refractivity contribution in [2.75, 3.05) is 20.8 Å². The number of methoxy groups -OCH3 is 2. The third-order valence-electron chi connectivity index (χ3n) is 5.99. The highest BCUT2D eigenvalue weighted by molar-refractivity contribution is 6.11. The van der Waals surface area contributed by atoms with Gasteiger partial charge in [0.2, 0.25) is 0 Å². The van der Waals surface area contributed by atoms with Gasteiger partial charge in [0.05, 0.1) is 32.0 Å². The molecule has 1 aliphatic carbocycles. The van der Waals surface area contributed by atoms with Crippen LogP contribution < -0.4 is 9.47 Å². The Hall–Kier alpha value is -3.06. The summed E-state index contributed by atoms with van der Waals surface area (Å²) in [7, 11) is 2.93. The van der Waals surface area contributed by atoms with E-state index >= 15 is 0 Å². The Morgan fingerprint density at radius 3 is 2.60 bits per heavy atom. The SMILES string of the molecule is COC1=CC(=O)[C@]2(C=C1OC)OC[C@@H]1Oc3c(ccc4c3C=CC(C)(C)O4)C(=O)[C@@H]12. The van der Waals surface area contributed by atoms with Gasteiger partial charge in [-0.25, -0.2) is 0 Å². The molecule has 0 bridgehead atoms. The van der Waals surface area contributed by atoms with Gasteiger partial charge in [-0.2, -0.15) is 0 Å². The number of ether oxygens (including phenoxy) is 5. The molecule has 0 saturated carbocycles. The minimum atomic E-state index is -1.48. The minimum Gasteiger partial charge on any atom is -0.493 e. The molecule has 1 aromatic rings. The summed E-state index contributed by atoms with van der Waals surface area (Å²) in [4.78, 5) is 26.6. The van der Waals surface area contributed by atoms with Crippen molar-refractivity contribution in [2.24, 2.45) is 5.92 Å². The quantitative estimate of drug-likeness (QED) is 0.742. The zero-order valence-electron chi connectivity index (χ0n) is 17.2. The summed E-state index contributed by atoms with van der Waals surface area (Å²) in [6.07, 6.45) is 6.09. The smallest absolute Gasteiger partial charge is 0.196 e. The topological polar surface area (TPSA) is 80.3 Å². The molecule has 3 atom stereocenters. The van der Waals surface area contributed by atoms with Gasteiger partial charge in [-0.05, 0) is 38.1 Å². The van der Waals surface area contributed by atoms with Crippen LogP contribution in [0.4, 0.5) is 0 Å². The number of benzene rings is 1. The molecule has 0 N–H and O–H groups in total. The molecule has 1 aromatic carbocycles. The number of ketones is 2. The van der Waals surface area contributed by atoms with E-state index in [1.165, 1.54) is 26.4 Å². The van der Waals surface area contributed by atoms with Crippen molar-refractivity contribution >= 4 is 17.6 Å². The Kier molecular flexibility index (Phi) is 3.92. The average molecular weight is 410 g/mol. The highest BCUT2D eigenvalue weighted by atomic mass is 16.6. The molecule has 156 valence electrons. The van der Waals surface area contributed by atoms with E-state index in [0.29, 0.717) is 28.6 Å². The highest BCUT2D eigenvalue weighted by Gasteiger charge is 2.61. The van der Waals surface area contributed by atoms with Crippen molar-refractivity contribution in [2.45, 2.75) is 31.2 Å². The van der Waals surface area contributed by atoms with Crippen LogP contribution in [0.5, 0.6) is 11.5 Å². The molecule has 7 nitrogen and oxygen atoms in total. The maximum Gasteiger partial charge on any atom is 0.196 e. The summed E-state index contributed by atoms with van der Waals surface area (Å²) in [5, 5.41) is 0. The van der Waals surface area contributed by atoms with E-state index in [1.807, 2.05) is 26.0 Å². The fraction of sp³-hybridized carbons (Fsp3) is 0.391. The minimum absolute atomic E-state index is 0.102. The number of carbonyl (C=O) groups is 2. The van der Waals surface area contributed by atoms with E-state index in [2.05, 4.69) is 0 Å². The van der Waals surface area contributed by atoms with E-state index in [1.54, 1.807) is 12.1 Å². The molecule has 0 aromatic heterocycles. The van der Waals surface area contributed by atoms with Crippen molar-refractivity contribution < 1.29 is 33.3 Å². The van der Waals surface area contributed by atoms with E-state index in [9.17, 15) is 9.59 Å². The normalized spacial score (nSPS) is 30.4. The van der Waals surface area contributed by atoms with E-state index in [-0.39, 0.29) is 18.2 Å². The first-order valence-corrected chi connectivity index (χ1v) is 9.77. The molecular weight excluding hydrogens is 388 g/mol. The van der Waals surface area contributed by atoms with Crippen LogP contribution in [-0.2, 0) is 19.0 Å². The van der Waals surface area contributed by atoms with Gasteiger partial charge in [0.25, 0.3) is 0 Å². The summed E-state index contributed by atoms with van der Waals surface area (Å²) in [6.45, 7) is 4.02. The van der Waals surface area contributed by atoms with Crippen molar-refractivity contribution in [3.8, 4) is 11.5 Å². The summed E-state index contributed by atoms with van der Waals surface area (Å²) >= 11 is 0. The van der Waals surface area contributed by atoms with Gasteiger partial charge in [0, 0.05) is 12.2 Å². The molecule has 0 radical (unpaired) electrons. The highest BCUT2D eigenvalue weighted by Crippen LogP contribution is 2.49. The lowest BCUT2D eigenvalue weighted by Gasteiger charge is -2.37. The Morgan fingerprint density at radius 2 is 1.87 bits per heavy atom. The maximum absolute atomic E-state index is 13.6. The Morgan fingerprint density at radius 1 is 1.10 bits per heavy atom. The Balaban J connectivity index is 1.59. The number of carbonyl (C=O) groups excluding carboxylic acids is 2. The second kappa shape index (κ2) is 6.22. The number of hydrogen-bond acceptors (Lipinski definition) is 7. The van der Waals surface area contributed by atoms with Crippen LogP contribution in [0.15, 0.2) is 41.9 Å². The molecule has 3 aliphatic heterocycles. The van der Waals surface area contributed by atoms with Gasteiger partial charge in [-0.15, -0.1) is 0 Å². The number of Topliss-reactive ketones (excluding diaryl/α,β-unsaturated/α-hetero) is 1. The lowest BCUT2D eigenvalue weighted by molar-refractivity contribution is -0.131. The van der Waals surface area contributed by atoms with Crippen LogP contribution in [-0.4, -0.2) is 49.7 Å². The van der Waals surface area contributed by atoms with E-state index in [4.69, 9.17) is 23.7 Å². The largest absolute Gasteiger partial charge is 0.493 e. The molecule has 0 unspecified atom stereocenters. The van der Waals surface area contributed by atoms with Crippen molar-refractivity contribution in [1.82, 2.24) is 0 Å². The molecule has 30 heavy (non-hydrogen) atoms. The lowest BCUT2D eigenvalue weighted by Crippen LogP contribution is -2.51. The monoisotopic (exact) mass is 410 g/mol. The Labute approximate surface area is 173 Å². The Bertz CT molecular complexity index is 1060. The van der Waals surface area contributed by atoms with Crippen molar-refractivity contribution in [1.29, 1.82) is 0 Å². The van der Waals surface area contributed by atoms with E-state index in [0.717, 1.165) is 5.56 Å². The summed E-state index contributed by atoms with van der Waals surface area (Å²) in [5.41, 5.74) is -0.778. The lowest BCUT2D eigenvalue weighted by atomic mass is 9.74. The molecule has 0 amide bonds. The third kappa shape index (κ3) is 2.48. The molecule has 1 fully saturated rings. The van der Waals surface area contributed by atoms with Gasteiger partial charge < -0.3 is 23.7 Å². The van der Waals surface area contributed by atoms with Crippen LogP contribution in [0.25, 0.3) is 6.08 Å². The molecule has 4 aliphatic rings. The molecule has 1 spiro atoms. The third-order valence-corrected chi connectivity index (χ3v) is 5.99. The summed E-state index contributed by atoms with van der Waals surface area (Å²) in [5.74, 6) is 0.386. The van der Waals surface area contributed by atoms with Crippen LogP contribution in [0.1, 0.15) is 29.8 Å². The summed E-state index contributed by atoms with van der Waals surface area (Å²) < 4.78 is 28.8. The van der Waals surface area contributed by atoms with Crippen LogP contribution in [0.2, 0.25) is 0 Å². The van der Waals surface area contributed by atoms with Gasteiger partial charge in [0.1, 0.15) is 29.1 Å². The number of hydrogen-bond donors (Lipinski definition) is 0. The number of rotatable bonds is 2. The molecular formula is C23H22O7. The standard InChI is InChI=1S/C23H22O7/c1-22(2)8-7-12-14(30-22)6-5-13-20(25)19-17(29-21(12)13)11-28-23(19)10-16(27-4)15(26-3)9-18(23)24/h5-10,17,19H,11H2,1-4H3/t17-,19+,23-/m0/s1. The molecule has 3 heterocycles. The first kappa shape index (κ1) is 18.9. The predicted molar refractivity (Wildman–Crippen MR) is 106 cm³/mol. The first-order chi connectivity index (χ1) is 14.3. The van der Waals surface area contributed by atoms with E-state index < -0.39 is 23.2 Å². The van der Waals surface area contributed by atoms with Gasteiger partial charge in [0.15, 0.2) is 28.7 Å². The fourth-order valence-electron chi connectivity index (χ4n) is 4.53. The van der Waals surface area contributed by atoms with Crippen molar-refractivity contribution in [3.63, 3.8) is 0 Å². The zero-order chi connectivity index (χ0) is 21.3. The predicted octanol–water partition coefficient (Wildman–Crippen LogP) is 2.84.